The van der Waals surface area contributed by atoms with Crippen LogP contribution in [0, 0.1) is 5.82 Å². The monoisotopic (exact) mass is 403 g/mol. The van der Waals surface area contributed by atoms with Gasteiger partial charge >= 0.3 is 6.18 Å². The van der Waals surface area contributed by atoms with Crippen LogP contribution >= 0.6 is 0 Å². The molecule has 0 fully saturated rings. The molecule has 1 heterocycles. The number of aromatic nitrogens is 1. The Morgan fingerprint density at radius 1 is 1.00 bits per heavy atom. The van der Waals surface area contributed by atoms with Crippen molar-refractivity contribution in [2.45, 2.75) is 12.6 Å². The number of alkyl halides is 3. The van der Waals surface area contributed by atoms with Crippen molar-refractivity contribution < 1.29 is 22.4 Å². The lowest BCUT2D eigenvalue weighted by Gasteiger charge is -2.12. The molecule has 4 nitrogen and oxygen atoms in total. The lowest BCUT2D eigenvalue weighted by atomic mass is 10.1. The third kappa shape index (κ3) is 5.54. The first-order chi connectivity index (χ1) is 13.8. The summed E-state index contributed by atoms with van der Waals surface area (Å²) >= 11 is 0. The highest BCUT2D eigenvalue weighted by Gasteiger charge is 2.30. The van der Waals surface area contributed by atoms with Crippen LogP contribution in [0.2, 0.25) is 0 Å². The second-order valence-corrected chi connectivity index (χ2v) is 6.24. The molecule has 0 atom stereocenters. The van der Waals surface area contributed by atoms with Crippen LogP contribution in [0.1, 0.15) is 21.5 Å². The molecule has 0 unspecified atom stereocenters. The normalized spacial score (nSPS) is 11.2. The molecule has 8 heteroatoms. The molecule has 1 aromatic heterocycles. The minimum absolute atomic E-state index is 0.0333. The first kappa shape index (κ1) is 20.3. The zero-order valence-electron chi connectivity index (χ0n) is 15.1. The number of nitrogens with one attached hydrogen (secondary N) is 2. The lowest BCUT2D eigenvalue weighted by molar-refractivity contribution is -0.137. The van der Waals surface area contributed by atoms with Crippen LogP contribution in [0.3, 0.4) is 0 Å². The van der Waals surface area contributed by atoms with Crippen molar-refractivity contribution in [3.05, 3.63) is 89.4 Å². The second-order valence-electron chi connectivity index (χ2n) is 6.24. The summed E-state index contributed by atoms with van der Waals surface area (Å²) in [6, 6.07) is 13.6. The molecular formula is C21H17F4N3O. The van der Waals surface area contributed by atoms with E-state index in [1.807, 2.05) is 0 Å². The van der Waals surface area contributed by atoms with Gasteiger partial charge in [-0.15, -0.1) is 0 Å². The van der Waals surface area contributed by atoms with E-state index in [1.165, 1.54) is 36.5 Å². The molecule has 0 aliphatic heterocycles. The van der Waals surface area contributed by atoms with Crippen LogP contribution in [-0.4, -0.2) is 17.4 Å². The van der Waals surface area contributed by atoms with Crippen LogP contribution in [0.15, 0.2) is 66.9 Å². The number of halogens is 4. The van der Waals surface area contributed by atoms with Crippen molar-refractivity contribution in [2.24, 2.45) is 0 Å². The highest BCUT2D eigenvalue weighted by Crippen LogP contribution is 2.30. The maximum Gasteiger partial charge on any atom is 0.416 e. The van der Waals surface area contributed by atoms with Crippen molar-refractivity contribution in [3.63, 3.8) is 0 Å². The van der Waals surface area contributed by atoms with E-state index in [4.69, 9.17) is 0 Å². The van der Waals surface area contributed by atoms with Gasteiger partial charge in [0.2, 0.25) is 0 Å². The summed E-state index contributed by atoms with van der Waals surface area (Å²) in [5.41, 5.74) is 0.291. The molecule has 0 saturated carbocycles. The van der Waals surface area contributed by atoms with Gasteiger partial charge < -0.3 is 10.6 Å². The fraction of sp³-hybridized carbons (Fsp3) is 0.143. The zero-order chi connectivity index (χ0) is 20.9. The largest absolute Gasteiger partial charge is 0.416 e. The Kier molecular flexibility index (Phi) is 6.11. The number of rotatable bonds is 6. The molecule has 0 spiro atoms. The van der Waals surface area contributed by atoms with Crippen molar-refractivity contribution in [1.29, 1.82) is 0 Å². The van der Waals surface area contributed by atoms with Gasteiger partial charge in [-0.05, 0) is 54.4 Å². The Morgan fingerprint density at radius 2 is 1.76 bits per heavy atom. The Morgan fingerprint density at radius 3 is 2.48 bits per heavy atom. The Balaban J connectivity index is 1.68. The average molecular weight is 403 g/mol. The number of pyridine rings is 1. The summed E-state index contributed by atoms with van der Waals surface area (Å²) in [5, 5.41) is 5.50. The Labute approximate surface area is 164 Å². The first-order valence-corrected chi connectivity index (χ1v) is 8.75. The fourth-order valence-corrected chi connectivity index (χ4v) is 2.68. The Bertz CT molecular complexity index is 988. The fourth-order valence-electron chi connectivity index (χ4n) is 2.68. The third-order valence-electron chi connectivity index (χ3n) is 4.12. The van der Waals surface area contributed by atoms with Crippen LogP contribution < -0.4 is 10.6 Å². The van der Waals surface area contributed by atoms with Crippen LogP contribution in [0.5, 0.6) is 0 Å². The van der Waals surface area contributed by atoms with Gasteiger partial charge in [0.15, 0.2) is 0 Å². The number of benzene rings is 2. The predicted molar refractivity (Wildman–Crippen MR) is 102 cm³/mol. The molecule has 0 aliphatic carbocycles. The summed E-state index contributed by atoms with van der Waals surface area (Å²) < 4.78 is 51.5. The summed E-state index contributed by atoms with van der Waals surface area (Å²) in [6.45, 7) is 0.437. The van der Waals surface area contributed by atoms with Crippen LogP contribution in [-0.2, 0) is 12.6 Å². The number of hydrogen-bond acceptors (Lipinski definition) is 3. The molecule has 29 heavy (non-hydrogen) atoms. The zero-order valence-corrected chi connectivity index (χ0v) is 15.1. The highest BCUT2D eigenvalue weighted by molar-refractivity contribution is 6.07. The van der Waals surface area contributed by atoms with Crippen molar-refractivity contribution in [2.75, 3.05) is 17.2 Å². The minimum Gasteiger partial charge on any atom is -0.369 e. The number of anilines is 2. The van der Waals surface area contributed by atoms with Gasteiger partial charge in [-0.2, -0.15) is 13.2 Å². The molecule has 1 amide bonds. The molecule has 3 aromatic rings. The number of hydrogen-bond donors (Lipinski definition) is 2. The van der Waals surface area contributed by atoms with Gasteiger partial charge in [-0.3, -0.25) is 4.79 Å². The predicted octanol–water partition coefficient (Wildman–Crippen LogP) is 5.15. The number of carbonyl (C=O) groups is 1. The maximum absolute atomic E-state index is 13.0. The van der Waals surface area contributed by atoms with Crippen LogP contribution in [0.25, 0.3) is 0 Å². The number of carbonyl (C=O) groups excluding carboxylic acids is 1. The molecule has 3 rings (SSSR count). The summed E-state index contributed by atoms with van der Waals surface area (Å²) in [4.78, 5) is 16.7. The van der Waals surface area contributed by atoms with E-state index in [9.17, 15) is 22.4 Å². The molecule has 2 N–H and O–H groups in total. The van der Waals surface area contributed by atoms with E-state index in [1.54, 1.807) is 18.2 Å². The topological polar surface area (TPSA) is 54.0 Å². The molecular weight excluding hydrogens is 386 g/mol. The summed E-state index contributed by atoms with van der Waals surface area (Å²) in [7, 11) is 0. The summed E-state index contributed by atoms with van der Waals surface area (Å²) in [6.07, 6.45) is -2.42. The van der Waals surface area contributed by atoms with E-state index < -0.39 is 17.6 Å². The van der Waals surface area contributed by atoms with Gasteiger partial charge in [0.05, 0.1) is 11.1 Å². The molecule has 0 saturated heterocycles. The second kappa shape index (κ2) is 8.72. The van der Waals surface area contributed by atoms with Gasteiger partial charge in [0.25, 0.3) is 5.91 Å². The quantitative estimate of drug-likeness (QED) is 0.560. The third-order valence-corrected chi connectivity index (χ3v) is 4.12. The molecule has 0 radical (unpaired) electrons. The Hall–Kier alpha value is -3.42. The van der Waals surface area contributed by atoms with Crippen molar-refractivity contribution >= 4 is 17.4 Å². The highest BCUT2D eigenvalue weighted by atomic mass is 19.4. The standard InChI is InChI=1S/C21H17F4N3O/c22-16-8-6-14(7-9-16)10-12-27-19-18(5-2-11-26-19)20(29)28-17-4-1-3-15(13-17)21(23,24)25/h1-9,11,13H,10,12H2,(H,26,27)(H,28,29). The van der Waals surface area contributed by atoms with Gasteiger partial charge in [-0.25, -0.2) is 9.37 Å². The van der Waals surface area contributed by atoms with Gasteiger partial charge in [0, 0.05) is 18.4 Å². The smallest absolute Gasteiger partial charge is 0.369 e. The maximum atomic E-state index is 13.0. The molecule has 2 aromatic carbocycles. The van der Waals surface area contributed by atoms with Gasteiger partial charge in [0.1, 0.15) is 11.6 Å². The van der Waals surface area contributed by atoms with Crippen molar-refractivity contribution in [1.82, 2.24) is 4.98 Å². The van der Waals surface area contributed by atoms with Crippen LogP contribution in [0.4, 0.5) is 29.1 Å². The van der Waals surface area contributed by atoms with Gasteiger partial charge in [-0.1, -0.05) is 18.2 Å². The molecule has 0 aliphatic rings. The van der Waals surface area contributed by atoms with Crippen molar-refractivity contribution in [3.8, 4) is 0 Å². The lowest BCUT2D eigenvalue weighted by Crippen LogP contribution is -2.17. The minimum atomic E-state index is -4.50. The number of nitrogens with zero attached hydrogens (tertiary/aromatic N) is 1. The first-order valence-electron chi connectivity index (χ1n) is 8.75. The van der Waals surface area contributed by atoms with E-state index in [0.717, 1.165) is 17.7 Å². The van der Waals surface area contributed by atoms with E-state index >= 15 is 0 Å². The molecule has 150 valence electrons. The average Bonchev–Trinajstić information content (AvgIpc) is 2.69. The van der Waals surface area contributed by atoms with E-state index in [-0.39, 0.29) is 17.1 Å². The summed E-state index contributed by atoms with van der Waals surface area (Å²) in [5.74, 6) is -0.597. The van der Waals surface area contributed by atoms with E-state index in [0.29, 0.717) is 18.8 Å². The van der Waals surface area contributed by atoms with E-state index in [2.05, 4.69) is 15.6 Å². The SMILES string of the molecule is O=C(Nc1cccc(C(F)(F)F)c1)c1cccnc1NCCc1ccc(F)cc1. The number of amides is 1. The molecule has 0 bridgehead atoms.